The maximum absolute atomic E-state index is 8.48. The molecule has 0 heterocycles. The van der Waals surface area contributed by atoms with Gasteiger partial charge in [0.05, 0.1) is 26.4 Å². The van der Waals surface area contributed by atoms with Gasteiger partial charge in [0.15, 0.2) is 0 Å². The van der Waals surface area contributed by atoms with E-state index in [1.807, 2.05) is 19.0 Å². The summed E-state index contributed by atoms with van der Waals surface area (Å²) in [5.74, 6) is 0. The van der Waals surface area contributed by atoms with Crippen LogP contribution in [0.2, 0.25) is 0 Å². The van der Waals surface area contributed by atoms with Crippen LogP contribution in [-0.4, -0.2) is 121 Å². The van der Waals surface area contributed by atoms with E-state index in [4.69, 9.17) is 20.4 Å². The van der Waals surface area contributed by atoms with Crippen molar-refractivity contribution < 1.29 is 20.4 Å². The van der Waals surface area contributed by atoms with E-state index in [-0.39, 0.29) is 26.4 Å². The molecule has 0 rings (SSSR count). The fourth-order valence-corrected chi connectivity index (χ4v) is 1.63. The third-order valence-electron chi connectivity index (χ3n) is 3.14. The summed E-state index contributed by atoms with van der Waals surface area (Å²) >= 11 is 0. The number of hydrogen-bond donors (Lipinski definition) is 4. The van der Waals surface area contributed by atoms with Gasteiger partial charge in [-0.1, -0.05) is 20.8 Å². The van der Waals surface area contributed by atoms with Gasteiger partial charge < -0.3 is 30.2 Å². The van der Waals surface area contributed by atoms with E-state index >= 15 is 0 Å². The third-order valence-corrected chi connectivity index (χ3v) is 3.14. The Hall–Kier alpha value is -0.280. The van der Waals surface area contributed by atoms with Crippen LogP contribution in [0.15, 0.2) is 0 Å². The highest BCUT2D eigenvalue weighted by Gasteiger charge is 2.00. The first-order valence-electron chi connectivity index (χ1n) is 8.49. The Kier molecular flexibility index (Phi) is 28.7. The number of nitrogens with zero attached hydrogens (tertiary/aromatic N) is 3. The van der Waals surface area contributed by atoms with Crippen LogP contribution < -0.4 is 0 Å². The van der Waals surface area contributed by atoms with Crippen molar-refractivity contribution in [3.63, 3.8) is 0 Å². The molecular formula is C16H41N3O4. The van der Waals surface area contributed by atoms with Crippen molar-refractivity contribution >= 4 is 0 Å². The van der Waals surface area contributed by atoms with Crippen molar-refractivity contribution in [1.82, 2.24) is 14.7 Å². The van der Waals surface area contributed by atoms with Gasteiger partial charge in [0.25, 0.3) is 0 Å². The monoisotopic (exact) mass is 339 g/mol. The number of rotatable bonds is 11. The Morgan fingerprint density at radius 3 is 0.913 bits per heavy atom. The lowest BCUT2D eigenvalue weighted by Gasteiger charge is -2.17. The standard InChI is InChI=1S/C6H15NO3.C6H15N.C4H11NO/c8-4-1-7(2-5-9)3-6-10;1-4-7(5-2)6-3;1-5(2)3-4-6/h8-10H,1-6H2;4-6H2,1-3H3;6H,3-4H2,1-2H3. The number of aliphatic hydroxyl groups excluding tert-OH is 4. The second kappa shape index (κ2) is 24.0. The molecular weight excluding hydrogens is 298 g/mol. The molecule has 0 saturated carbocycles. The zero-order chi connectivity index (χ0) is 18.5. The molecule has 0 aromatic rings. The summed E-state index contributed by atoms with van der Waals surface area (Å²) in [5.41, 5.74) is 0. The molecule has 4 N–H and O–H groups in total. The summed E-state index contributed by atoms with van der Waals surface area (Å²) in [4.78, 5) is 6.10. The SMILES string of the molecule is CCN(CC)CC.CN(C)CCO.OCCN(CCO)CCO. The first-order chi connectivity index (χ1) is 11.0. The highest BCUT2D eigenvalue weighted by Crippen LogP contribution is 1.84. The molecule has 0 aliphatic carbocycles. The van der Waals surface area contributed by atoms with Crippen molar-refractivity contribution in [2.75, 3.05) is 86.3 Å². The molecule has 0 spiro atoms. The van der Waals surface area contributed by atoms with E-state index in [1.165, 1.54) is 19.6 Å². The van der Waals surface area contributed by atoms with Crippen LogP contribution in [-0.2, 0) is 0 Å². The fourth-order valence-electron chi connectivity index (χ4n) is 1.63. The second-order valence-electron chi connectivity index (χ2n) is 5.16. The number of aliphatic hydroxyl groups is 4. The number of hydrogen-bond acceptors (Lipinski definition) is 7. The van der Waals surface area contributed by atoms with Gasteiger partial charge in [-0.15, -0.1) is 0 Å². The van der Waals surface area contributed by atoms with Gasteiger partial charge in [0, 0.05) is 26.2 Å². The van der Waals surface area contributed by atoms with Crippen LogP contribution in [0.1, 0.15) is 20.8 Å². The minimum atomic E-state index is 0.0694. The maximum atomic E-state index is 8.48. The topological polar surface area (TPSA) is 90.6 Å². The maximum Gasteiger partial charge on any atom is 0.0558 e. The van der Waals surface area contributed by atoms with Gasteiger partial charge >= 0.3 is 0 Å². The Labute approximate surface area is 143 Å². The molecule has 0 aromatic heterocycles. The molecule has 0 aliphatic rings. The summed E-state index contributed by atoms with van der Waals surface area (Å²) in [6.45, 7) is 12.9. The van der Waals surface area contributed by atoms with Crippen LogP contribution in [0.3, 0.4) is 0 Å². The number of likely N-dealkylation sites (N-methyl/N-ethyl adjacent to an activating group) is 1. The van der Waals surface area contributed by atoms with Gasteiger partial charge in [-0.2, -0.15) is 0 Å². The molecule has 0 amide bonds. The van der Waals surface area contributed by atoms with Gasteiger partial charge in [0.1, 0.15) is 0 Å². The molecule has 0 atom stereocenters. The molecule has 0 radical (unpaired) electrons. The summed E-state index contributed by atoms with van der Waals surface area (Å²) < 4.78 is 0. The second-order valence-corrected chi connectivity index (χ2v) is 5.16. The zero-order valence-corrected chi connectivity index (χ0v) is 15.9. The molecule has 0 aliphatic heterocycles. The molecule has 7 heteroatoms. The first-order valence-corrected chi connectivity index (χ1v) is 8.49. The lowest BCUT2D eigenvalue weighted by molar-refractivity contribution is 0.136. The van der Waals surface area contributed by atoms with Gasteiger partial charge in [0.2, 0.25) is 0 Å². The Morgan fingerprint density at radius 2 is 0.826 bits per heavy atom. The lowest BCUT2D eigenvalue weighted by atomic mass is 10.4. The molecule has 23 heavy (non-hydrogen) atoms. The van der Waals surface area contributed by atoms with Crippen LogP contribution in [0, 0.1) is 0 Å². The average Bonchev–Trinajstić information content (AvgIpc) is 2.51. The highest BCUT2D eigenvalue weighted by atomic mass is 16.3. The quantitative estimate of drug-likeness (QED) is 0.390. The van der Waals surface area contributed by atoms with E-state index < -0.39 is 0 Å². The normalized spacial score (nSPS) is 10.4. The average molecular weight is 340 g/mol. The summed E-state index contributed by atoms with van der Waals surface area (Å²) in [6.07, 6.45) is 0. The molecule has 0 saturated heterocycles. The first kappa shape index (κ1) is 27.6. The smallest absolute Gasteiger partial charge is 0.0558 e. The molecule has 0 aromatic carbocycles. The van der Waals surface area contributed by atoms with Crippen LogP contribution >= 0.6 is 0 Å². The summed E-state index contributed by atoms with van der Waals surface area (Å²) in [5, 5.41) is 33.6. The van der Waals surface area contributed by atoms with Crippen molar-refractivity contribution in [3.8, 4) is 0 Å². The van der Waals surface area contributed by atoms with Gasteiger partial charge in [-0.05, 0) is 33.7 Å². The van der Waals surface area contributed by atoms with Crippen molar-refractivity contribution in [1.29, 1.82) is 0 Å². The van der Waals surface area contributed by atoms with Crippen molar-refractivity contribution in [2.24, 2.45) is 0 Å². The zero-order valence-electron chi connectivity index (χ0n) is 15.9. The van der Waals surface area contributed by atoms with Crippen LogP contribution in [0.25, 0.3) is 0 Å². The van der Waals surface area contributed by atoms with E-state index in [9.17, 15) is 0 Å². The molecule has 144 valence electrons. The Morgan fingerprint density at radius 1 is 0.522 bits per heavy atom. The summed E-state index contributed by atoms with van der Waals surface area (Å²) in [6, 6.07) is 0. The van der Waals surface area contributed by atoms with E-state index in [2.05, 4.69) is 25.7 Å². The van der Waals surface area contributed by atoms with E-state index in [1.54, 1.807) is 4.90 Å². The minimum absolute atomic E-state index is 0.0694. The van der Waals surface area contributed by atoms with Gasteiger partial charge in [-0.3, -0.25) is 4.90 Å². The van der Waals surface area contributed by atoms with Crippen molar-refractivity contribution in [2.45, 2.75) is 20.8 Å². The highest BCUT2D eigenvalue weighted by molar-refractivity contribution is 4.54. The van der Waals surface area contributed by atoms with E-state index in [0.717, 1.165) is 6.54 Å². The van der Waals surface area contributed by atoms with E-state index in [0.29, 0.717) is 19.6 Å². The predicted molar refractivity (Wildman–Crippen MR) is 96.8 cm³/mol. The van der Waals surface area contributed by atoms with Crippen LogP contribution in [0.4, 0.5) is 0 Å². The summed E-state index contributed by atoms with van der Waals surface area (Å²) in [7, 11) is 3.85. The molecule has 0 unspecified atom stereocenters. The van der Waals surface area contributed by atoms with Crippen molar-refractivity contribution in [3.05, 3.63) is 0 Å². The fraction of sp³-hybridized carbons (Fsp3) is 1.00. The molecule has 0 bridgehead atoms. The Bertz CT molecular complexity index is 174. The Balaban J connectivity index is -0.000000272. The third kappa shape index (κ3) is 26.9. The molecule has 7 nitrogen and oxygen atoms in total. The molecule has 0 fully saturated rings. The van der Waals surface area contributed by atoms with Gasteiger partial charge in [-0.25, -0.2) is 0 Å². The minimum Gasteiger partial charge on any atom is -0.395 e. The van der Waals surface area contributed by atoms with Crippen LogP contribution in [0.5, 0.6) is 0 Å². The predicted octanol–water partition coefficient (Wildman–Crippen LogP) is -0.846. The largest absolute Gasteiger partial charge is 0.395 e. The lowest BCUT2D eigenvalue weighted by Crippen LogP contribution is -2.32.